The third kappa shape index (κ3) is 6.64. The number of aliphatic hydroxyl groups is 2. The molecular weight excluding hydrogens is 464 g/mol. The zero-order chi connectivity index (χ0) is 24.8. The van der Waals surface area contributed by atoms with Gasteiger partial charge in [-0.05, 0) is 86.7 Å². The van der Waals surface area contributed by atoms with E-state index in [4.69, 9.17) is 16.3 Å². The van der Waals surface area contributed by atoms with Crippen LogP contribution in [-0.4, -0.2) is 77.3 Å². The third-order valence-electron chi connectivity index (χ3n) is 7.46. The number of β-amino-alcohol motifs (C(OH)–C–C–N with tert-alkyl or cyclic N) is 1. The highest BCUT2D eigenvalue weighted by Gasteiger charge is 2.39. The van der Waals surface area contributed by atoms with Gasteiger partial charge in [0, 0.05) is 42.5 Å². The van der Waals surface area contributed by atoms with Crippen LogP contribution in [0.3, 0.4) is 0 Å². The van der Waals surface area contributed by atoms with E-state index < -0.39 is 11.7 Å². The molecule has 7 heteroatoms. The van der Waals surface area contributed by atoms with Crippen LogP contribution in [0, 0.1) is 0 Å². The van der Waals surface area contributed by atoms with Gasteiger partial charge >= 0.3 is 0 Å². The van der Waals surface area contributed by atoms with Gasteiger partial charge < -0.3 is 24.7 Å². The van der Waals surface area contributed by atoms with Crippen LogP contribution in [-0.2, 0) is 0 Å². The molecule has 35 heavy (non-hydrogen) atoms. The van der Waals surface area contributed by atoms with Gasteiger partial charge in [0.05, 0.1) is 18.8 Å². The molecule has 2 heterocycles. The first-order valence-electron chi connectivity index (χ1n) is 12.4. The summed E-state index contributed by atoms with van der Waals surface area (Å²) in [5.41, 5.74) is 0.821. The molecule has 0 aliphatic carbocycles. The average molecular weight is 499 g/mol. The van der Waals surface area contributed by atoms with Crippen molar-refractivity contribution in [3.05, 3.63) is 77.0 Å². The van der Waals surface area contributed by atoms with Crippen LogP contribution in [0.15, 0.2) is 60.8 Å². The molecule has 2 aliphatic rings. The van der Waals surface area contributed by atoms with E-state index in [1.807, 2.05) is 17.0 Å². The van der Waals surface area contributed by atoms with Crippen LogP contribution >= 0.6 is 11.6 Å². The Bertz CT molecular complexity index is 993. The molecule has 0 spiro atoms. The number of nitrogens with zero attached hydrogens (tertiary/aromatic N) is 2. The van der Waals surface area contributed by atoms with Gasteiger partial charge in [-0.15, -0.1) is 0 Å². The van der Waals surface area contributed by atoms with E-state index in [-0.39, 0.29) is 5.78 Å². The van der Waals surface area contributed by atoms with Crippen LogP contribution in [0.5, 0.6) is 5.75 Å². The zero-order valence-electron chi connectivity index (χ0n) is 20.3. The summed E-state index contributed by atoms with van der Waals surface area (Å²) in [6, 6.07) is 15.1. The van der Waals surface area contributed by atoms with Crippen molar-refractivity contribution in [2.24, 2.45) is 0 Å². The van der Waals surface area contributed by atoms with E-state index in [0.717, 1.165) is 31.7 Å². The van der Waals surface area contributed by atoms with Gasteiger partial charge in [0.25, 0.3) is 0 Å². The molecule has 2 aliphatic heterocycles. The number of rotatable bonds is 8. The fraction of sp³-hybridized carbons (Fsp3) is 0.464. The molecule has 0 saturated carbocycles. The van der Waals surface area contributed by atoms with E-state index in [2.05, 4.69) is 17.0 Å². The predicted molar refractivity (Wildman–Crippen MR) is 138 cm³/mol. The quantitative estimate of drug-likeness (QED) is 0.421. The summed E-state index contributed by atoms with van der Waals surface area (Å²) in [5.74, 6) is 1.31. The molecule has 4 rings (SSSR count). The van der Waals surface area contributed by atoms with Crippen molar-refractivity contribution in [3.63, 3.8) is 0 Å². The molecule has 0 aromatic heterocycles. The number of likely N-dealkylation sites (tertiary alicyclic amines) is 2. The molecule has 1 atom stereocenters. The van der Waals surface area contributed by atoms with Crippen molar-refractivity contribution in [1.29, 1.82) is 0 Å². The number of ketones is 1. The lowest BCUT2D eigenvalue weighted by Crippen LogP contribution is -2.54. The Morgan fingerprint density at radius 2 is 1.71 bits per heavy atom. The van der Waals surface area contributed by atoms with E-state index in [9.17, 15) is 15.0 Å². The molecule has 1 unspecified atom stereocenters. The first-order chi connectivity index (χ1) is 16.9. The van der Waals surface area contributed by atoms with Crippen molar-refractivity contribution >= 4 is 17.4 Å². The maximum absolute atomic E-state index is 12.3. The van der Waals surface area contributed by atoms with Crippen molar-refractivity contribution in [2.45, 2.75) is 43.3 Å². The number of benzene rings is 2. The molecule has 188 valence electrons. The fourth-order valence-electron chi connectivity index (χ4n) is 5.02. The second kappa shape index (κ2) is 11.6. The first kappa shape index (κ1) is 25.7. The number of ether oxygens (including phenoxy) is 1. The molecule has 2 saturated heterocycles. The van der Waals surface area contributed by atoms with Gasteiger partial charge in [-0.3, -0.25) is 4.79 Å². The van der Waals surface area contributed by atoms with Gasteiger partial charge in [-0.2, -0.15) is 0 Å². The number of carbonyl (C=O) groups excluding carboxylic acids is 1. The highest BCUT2D eigenvalue weighted by Crippen LogP contribution is 2.31. The first-order valence-corrected chi connectivity index (χ1v) is 12.7. The van der Waals surface area contributed by atoms with Crippen molar-refractivity contribution in [3.8, 4) is 5.75 Å². The standard InChI is InChI=1S/C28H35ClN2O4/c1-35-25-8-4-21(5-9-25)22-10-15-31(16-11-22)20-27(33)28(34)13-18-30(19-14-28)17-12-26(32)23-2-6-24(29)7-3-23/h2-9,12,17,22,27,33-34H,10-11,13-16,18-20H2,1H3. The molecule has 0 radical (unpaired) electrons. The number of hydrogen-bond donors (Lipinski definition) is 2. The van der Waals surface area contributed by atoms with E-state index >= 15 is 0 Å². The van der Waals surface area contributed by atoms with Crippen LogP contribution in [0.25, 0.3) is 0 Å². The van der Waals surface area contributed by atoms with Gasteiger partial charge in [0.2, 0.25) is 0 Å². The Balaban J connectivity index is 1.22. The third-order valence-corrected chi connectivity index (χ3v) is 7.71. The summed E-state index contributed by atoms with van der Waals surface area (Å²) >= 11 is 5.88. The number of methoxy groups -OCH3 is 1. The predicted octanol–water partition coefficient (Wildman–Crippen LogP) is 4.11. The lowest BCUT2D eigenvalue weighted by atomic mass is 9.84. The normalized spacial score (nSPS) is 20.2. The van der Waals surface area contributed by atoms with Crippen molar-refractivity contribution < 1.29 is 19.7 Å². The Morgan fingerprint density at radius 1 is 1.09 bits per heavy atom. The largest absolute Gasteiger partial charge is 0.497 e. The highest BCUT2D eigenvalue weighted by atomic mass is 35.5. The van der Waals surface area contributed by atoms with E-state index in [1.54, 1.807) is 43.7 Å². The topological polar surface area (TPSA) is 73.2 Å². The summed E-state index contributed by atoms with van der Waals surface area (Å²) < 4.78 is 5.25. The summed E-state index contributed by atoms with van der Waals surface area (Å²) in [4.78, 5) is 16.6. The van der Waals surface area contributed by atoms with E-state index in [1.165, 1.54) is 5.56 Å². The van der Waals surface area contributed by atoms with Crippen LogP contribution in [0.1, 0.15) is 47.5 Å². The second-order valence-corrected chi connectivity index (χ2v) is 10.1. The van der Waals surface area contributed by atoms with Crippen LogP contribution in [0.4, 0.5) is 0 Å². The summed E-state index contributed by atoms with van der Waals surface area (Å²) in [6.07, 6.45) is 5.56. The molecule has 0 amide bonds. The molecule has 2 fully saturated rings. The smallest absolute Gasteiger partial charge is 0.187 e. The van der Waals surface area contributed by atoms with Crippen LogP contribution < -0.4 is 4.74 Å². The minimum absolute atomic E-state index is 0.0828. The van der Waals surface area contributed by atoms with E-state index in [0.29, 0.717) is 49.0 Å². The van der Waals surface area contributed by atoms with Gasteiger partial charge in [0.1, 0.15) is 5.75 Å². The maximum Gasteiger partial charge on any atom is 0.187 e. The Morgan fingerprint density at radius 3 is 2.31 bits per heavy atom. The van der Waals surface area contributed by atoms with Crippen molar-refractivity contribution in [2.75, 3.05) is 39.8 Å². The fourth-order valence-corrected chi connectivity index (χ4v) is 5.14. The van der Waals surface area contributed by atoms with Gasteiger partial charge in [-0.1, -0.05) is 23.7 Å². The number of aliphatic hydroxyl groups excluding tert-OH is 1. The number of hydrogen-bond acceptors (Lipinski definition) is 6. The summed E-state index contributed by atoms with van der Waals surface area (Å²) in [5, 5.41) is 22.6. The molecule has 2 aromatic rings. The minimum Gasteiger partial charge on any atom is -0.497 e. The molecule has 2 aromatic carbocycles. The minimum atomic E-state index is -1.10. The summed E-state index contributed by atoms with van der Waals surface area (Å²) in [6.45, 7) is 3.49. The lowest BCUT2D eigenvalue weighted by Gasteiger charge is -2.43. The Labute approximate surface area is 212 Å². The van der Waals surface area contributed by atoms with Crippen molar-refractivity contribution in [1.82, 2.24) is 9.80 Å². The second-order valence-electron chi connectivity index (χ2n) is 9.69. The zero-order valence-corrected chi connectivity index (χ0v) is 21.0. The number of halogens is 1. The van der Waals surface area contributed by atoms with Crippen LogP contribution in [0.2, 0.25) is 5.02 Å². The number of carbonyl (C=O) groups is 1. The lowest BCUT2D eigenvalue weighted by molar-refractivity contribution is -0.114. The molecule has 0 bridgehead atoms. The Hall–Kier alpha value is -2.38. The molecular formula is C28H35ClN2O4. The van der Waals surface area contributed by atoms with Gasteiger partial charge in [-0.25, -0.2) is 0 Å². The maximum atomic E-state index is 12.3. The SMILES string of the molecule is COc1ccc(C2CCN(CC(O)C3(O)CCN(C=CC(=O)c4ccc(Cl)cc4)CC3)CC2)cc1. The average Bonchev–Trinajstić information content (AvgIpc) is 2.89. The Kier molecular flexibility index (Phi) is 8.50. The number of piperidine rings is 2. The highest BCUT2D eigenvalue weighted by molar-refractivity contribution is 6.30. The molecule has 2 N–H and O–H groups in total. The number of allylic oxidation sites excluding steroid dienone is 1. The molecule has 6 nitrogen and oxygen atoms in total. The summed E-state index contributed by atoms with van der Waals surface area (Å²) in [7, 11) is 1.68. The monoisotopic (exact) mass is 498 g/mol. The van der Waals surface area contributed by atoms with Gasteiger partial charge in [0.15, 0.2) is 5.78 Å².